The average Bonchev–Trinajstić information content (AvgIpc) is 3.16. The van der Waals surface area contributed by atoms with E-state index in [-0.39, 0.29) is 5.91 Å². The van der Waals surface area contributed by atoms with Gasteiger partial charge in [0.15, 0.2) is 0 Å². The molecule has 0 saturated heterocycles. The van der Waals surface area contributed by atoms with Gasteiger partial charge in [0.1, 0.15) is 23.9 Å². The standard InChI is InChI=1S/C28H31N3O3/c1-20-16-21(2)18-24(17-20)34-15-14-31-26-7-5-4-6-25(26)30-27(31)12-13-29-28(32)19-22-8-10-23(33-3)11-9-22/h4-11,16-18H,12-15,19H2,1-3H3,(H,29,32). The van der Waals surface area contributed by atoms with E-state index in [0.717, 1.165) is 33.9 Å². The second-order valence-corrected chi connectivity index (χ2v) is 8.47. The smallest absolute Gasteiger partial charge is 0.224 e. The molecular formula is C28H31N3O3. The second kappa shape index (κ2) is 10.9. The van der Waals surface area contributed by atoms with Crippen LogP contribution in [-0.2, 0) is 24.2 Å². The SMILES string of the molecule is COc1ccc(CC(=O)NCCc2nc3ccccc3n2CCOc2cc(C)cc(C)c2)cc1. The lowest BCUT2D eigenvalue weighted by molar-refractivity contribution is -0.120. The number of methoxy groups -OCH3 is 1. The van der Waals surface area contributed by atoms with Gasteiger partial charge in [0.05, 0.1) is 31.1 Å². The predicted octanol–water partition coefficient (Wildman–Crippen LogP) is 4.64. The van der Waals surface area contributed by atoms with Crippen molar-refractivity contribution < 1.29 is 14.3 Å². The fourth-order valence-corrected chi connectivity index (χ4v) is 4.14. The Morgan fingerprint density at radius 1 is 0.971 bits per heavy atom. The van der Waals surface area contributed by atoms with Crippen LogP contribution in [-0.4, -0.2) is 35.7 Å². The van der Waals surface area contributed by atoms with Gasteiger partial charge < -0.3 is 19.4 Å². The molecule has 0 aliphatic rings. The van der Waals surface area contributed by atoms with Crippen LogP contribution in [0.15, 0.2) is 66.7 Å². The molecule has 0 saturated carbocycles. The van der Waals surface area contributed by atoms with Gasteiger partial charge in [0.25, 0.3) is 0 Å². The van der Waals surface area contributed by atoms with Crippen LogP contribution in [0.2, 0.25) is 0 Å². The Morgan fingerprint density at radius 3 is 2.44 bits per heavy atom. The molecule has 0 aliphatic carbocycles. The minimum absolute atomic E-state index is 0.00835. The number of hydrogen-bond acceptors (Lipinski definition) is 4. The molecule has 0 aliphatic heterocycles. The van der Waals surface area contributed by atoms with E-state index in [2.05, 4.69) is 48.0 Å². The quantitative estimate of drug-likeness (QED) is 0.377. The van der Waals surface area contributed by atoms with Gasteiger partial charge in [0.2, 0.25) is 5.91 Å². The van der Waals surface area contributed by atoms with Crippen LogP contribution >= 0.6 is 0 Å². The Kier molecular flexibility index (Phi) is 7.48. The molecule has 4 rings (SSSR count). The molecule has 34 heavy (non-hydrogen) atoms. The van der Waals surface area contributed by atoms with Crippen molar-refractivity contribution in [3.8, 4) is 11.5 Å². The molecule has 1 amide bonds. The van der Waals surface area contributed by atoms with Crippen molar-refractivity contribution >= 4 is 16.9 Å². The number of fused-ring (bicyclic) bond motifs is 1. The number of nitrogens with zero attached hydrogens (tertiary/aromatic N) is 2. The highest BCUT2D eigenvalue weighted by Crippen LogP contribution is 2.19. The van der Waals surface area contributed by atoms with Gasteiger partial charge in [0, 0.05) is 13.0 Å². The summed E-state index contributed by atoms with van der Waals surface area (Å²) in [5, 5.41) is 3.02. The van der Waals surface area contributed by atoms with Crippen molar-refractivity contribution in [3.63, 3.8) is 0 Å². The maximum absolute atomic E-state index is 12.4. The van der Waals surface area contributed by atoms with Crippen molar-refractivity contribution in [2.45, 2.75) is 33.2 Å². The molecule has 4 aromatic rings. The Labute approximate surface area is 200 Å². The number of carbonyl (C=O) groups excluding carboxylic acids is 1. The van der Waals surface area contributed by atoms with E-state index in [1.807, 2.05) is 42.5 Å². The molecule has 176 valence electrons. The zero-order valence-electron chi connectivity index (χ0n) is 20.0. The summed E-state index contributed by atoms with van der Waals surface area (Å²) in [5.41, 5.74) is 5.36. The van der Waals surface area contributed by atoms with E-state index >= 15 is 0 Å². The van der Waals surface area contributed by atoms with E-state index in [9.17, 15) is 4.79 Å². The van der Waals surface area contributed by atoms with Gasteiger partial charge in [-0.2, -0.15) is 0 Å². The highest BCUT2D eigenvalue weighted by molar-refractivity contribution is 5.78. The minimum Gasteiger partial charge on any atom is -0.497 e. The number of hydrogen-bond donors (Lipinski definition) is 1. The van der Waals surface area contributed by atoms with Crippen molar-refractivity contribution in [2.24, 2.45) is 0 Å². The molecular weight excluding hydrogens is 426 g/mol. The zero-order chi connectivity index (χ0) is 23.9. The maximum Gasteiger partial charge on any atom is 0.224 e. The van der Waals surface area contributed by atoms with Gasteiger partial charge >= 0.3 is 0 Å². The van der Waals surface area contributed by atoms with Crippen molar-refractivity contribution in [1.82, 2.24) is 14.9 Å². The zero-order valence-corrected chi connectivity index (χ0v) is 20.0. The topological polar surface area (TPSA) is 65.4 Å². The number of para-hydroxylation sites is 2. The molecule has 6 heteroatoms. The van der Waals surface area contributed by atoms with Crippen molar-refractivity contribution in [3.05, 3.63) is 89.2 Å². The number of amides is 1. The number of carbonyl (C=O) groups is 1. The van der Waals surface area contributed by atoms with E-state index in [4.69, 9.17) is 14.5 Å². The maximum atomic E-state index is 12.4. The largest absolute Gasteiger partial charge is 0.497 e. The summed E-state index contributed by atoms with van der Waals surface area (Å²) < 4.78 is 13.4. The third-order valence-electron chi connectivity index (χ3n) is 5.71. The molecule has 1 heterocycles. The van der Waals surface area contributed by atoms with Gasteiger partial charge in [-0.25, -0.2) is 4.98 Å². The van der Waals surface area contributed by atoms with E-state index in [0.29, 0.717) is 32.5 Å². The summed E-state index contributed by atoms with van der Waals surface area (Å²) in [5.74, 6) is 2.60. The van der Waals surface area contributed by atoms with Crippen LogP contribution in [0.1, 0.15) is 22.5 Å². The number of imidazole rings is 1. The first-order valence-corrected chi connectivity index (χ1v) is 11.6. The monoisotopic (exact) mass is 457 g/mol. The summed E-state index contributed by atoms with van der Waals surface area (Å²) in [6.45, 7) is 5.90. The van der Waals surface area contributed by atoms with Crippen LogP contribution in [0.25, 0.3) is 11.0 Å². The summed E-state index contributed by atoms with van der Waals surface area (Å²) in [4.78, 5) is 17.2. The minimum atomic E-state index is -0.00835. The number of rotatable bonds is 10. The molecule has 0 spiro atoms. The van der Waals surface area contributed by atoms with Crippen LogP contribution in [0, 0.1) is 13.8 Å². The Bertz CT molecular complexity index is 1240. The second-order valence-electron chi connectivity index (χ2n) is 8.47. The first-order valence-electron chi connectivity index (χ1n) is 11.6. The summed E-state index contributed by atoms with van der Waals surface area (Å²) in [6, 6.07) is 21.9. The summed E-state index contributed by atoms with van der Waals surface area (Å²) in [6.07, 6.45) is 0.983. The van der Waals surface area contributed by atoms with Crippen LogP contribution in [0.4, 0.5) is 0 Å². The number of ether oxygens (including phenoxy) is 2. The molecule has 1 N–H and O–H groups in total. The third kappa shape index (κ3) is 5.95. The third-order valence-corrected chi connectivity index (χ3v) is 5.71. The average molecular weight is 458 g/mol. The van der Waals surface area contributed by atoms with Crippen LogP contribution in [0.3, 0.4) is 0 Å². The predicted molar refractivity (Wildman–Crippen MR) is 135 cm³/mol. The molecule has 0 unspecified atom stereocenters. The highest BCUT2D eigenvalue weighted by Gasteiger charge is 2.11. The van der Waals surface area contributed by atoms with Crippen molar-refractivity contribution in [2.75, 3.05) is 20.3 Å². The fraction of sp³-hybridized carbons (Fsp3) is 0.286. The Hall–Kier alpha value is -3.80. The number of aromatic nitrogens is 2. The van der Waals surface area contributed by atoms with Gasteiger partial charge in [-0.3, -0.25) is 4.79 Å². The number of aryl methyl sites for hydroxylation is 2. The molecule has 0 radical (unpaired) electrons. The Balaban J connectivity index is 1.36. The van der Waals surface area contributed by atoms with E-state index < -0.39 is 0 Å². The van der Waals surface area contributed by atoms with Gasteiger partial charge in [-0.05, 0) is 66.9 Å². The molecule has 0 bridgehead atoms. The molecule has 0 atom stereocenters. The van der Waals surface area contributed by atoms with Gasteiger partial charge in [-0.15, -0.1) is 0 Å². The van der Waals surface area contributed by atoms with Crippen LogP contribution in [0.5, 0.6) is 11.5 Å². The molecule has 0 fully saturated rings. The van der Waals surface area contributed by atoms with Crippen molar-refractivity contribution in [1.29, 1.82) is 0 Å². The number of nitrogens with one attached hydrogen (secondary N) is 1. The first-order chi connectivity index (χ1) is 16.5. The lowest BCUT2D eigenvalue weighted by Gasteiger charge is -2.12. The summed E-state index contributed by atoms with van der Waals surface area (Å²) in [7, 11) is 1.63. The normalized spacial score (nSPS) is 10.9. The van der Waals surface area contributed by atoms with Crippen LogP contribution < -0.4 is 14.8 Å². The number of benzene rings is 3. The van der Waals surface area contributed by atoms with E-state index in [1.165, 1.54) is 11.1 Å². The highest BCUT2D eigenvalue weighted by atomic mass is 16.5. The lowest BCUT2D eigenvalue weighted by Crippen LogP contribution is -2.28. The molecule has 3 aromatic carbocycles. The van der Waals surface area contributed by atoms with Gasteiger partial charge in [-0.1, -0.05) is 30.3 Å². The first kappa shape index (κ1) is 23.4. The summed E-state index contributed by atoms with van der Waals surface area (Å²) >= 11 is 0. The Morgan fingerprint density at radius 2 is 1.71 bits per heavy atom. The molecule has 6 nitrogen and oxygen atoms in total. The molecule has 1 aromatic heterocycles. The lowest BCUT2D eigenvalue weighted by atomic mass is 10.1. The fourth-order valence-electron chi connectivity index (χ4n) is 4.14. The van der Waals surface area contributed by atoms with E-state index in [1.54, 1.807) is 7.11 Å².